The largest absolute Gasteiger partial charge is 0.338 e. The third-order valence-corrected chi connectivity index (χ3v) is 3.64. The molecule has 0 spiro atoms. The number of para-hydroxylation sites is 2. The van der Waals surface area contributed by atoms with Crippen molar-refractivity contribution in [2.45, 2.75) is 19.6 Å². The summed E-state index contributed by atoms with van der Waals surface area (Å²) >= 11 is 0. The zero-order chi connectivity index (χ0) is 16.6. The number of hydroxylamine groups is 1. The van der Waals surface area contributed by atoms with Crippen molar-refractivity contribution in [3.8, 4) is 0 Å². The predicted molar refractivity (Wildman–Crippen MR) is 92.1 cm³/mol. The second-order valence-corrected chi connectivity index (χ2v) is 5.41. The van der Waals surface area contributed by atoms with Crippen LogP contribution in [0.3, 0.4) is 0 Å². The van der Waals surface area contributed by atoms with Crippen molar-refractivity contribution in [3.05, 3.63) is 66.5 Å². The van der Waals surface area contributed by atoms with Gasteiger partial charge in [0.1, 0.15) is 0 Å². The molecule has 0 bridgehead atoms. The molecule has 1 aromatic heterocycles. The van der Waals surface area contributed by atoms with Gasteiger partial charge in [0.05, 0.1) is 24.0 Å². The summed E-state index contributed by atoms with van der Waals surface area (Å²) in [6.07, 6.45) is 2.64. The highest BCUT2D eigenvalue weighted by atomic mass is 16.7. The molecule has 6 nitrogen and oxygen atoms in total. The average molecular weight is 324 g/mol. The lowest BCUT2D eigenvalue weighted by atomic mass is 10.2. The number of nitrogens with one attached hydrogen (secondary N) is 2. The van der Waals surface area contributed by atoms with Gasteiger partial charge in [-0.05, 0) is 24.1 Å². The SMILES string of the molecule is O=C(NCCCn1cnc2ccccc21)NOCc1ccccc1. The van der Waals surface area contributed by atoms with Gasteiger partial charge < -0.3 is 9.88 Å². The van der Waals surface area contributed by atoms with E-state index in [-0.39, 0.29) is 6.03 Å². The molecule has 0 atom stereocenters. The normalized spacial score (nSPS) is 10.7. The van der Waals surface area contributed by atoms with Crippen LogP contribution in [-0.4, -0.2) is 22.1 Å². The van der Waals surface area contributed by atoms with Crippen molar-refractivity contribution < 1.29 is 9.63 Å². The molecule has 0 aliphatic carbocycles. The van der Waals surface area contributed by atoms with Crippen molar-refractivity contribution in [1.82, 2.24) is 20.3 Å². The summed E-state index contributed by atoms with van der Waals surface area (Å²) in [7, 11) is 0. The number of aryl methyl sites for hydroxylation is 1. The second kappa shape index (κ2) is 8.12. The second-order valence-electron chi connectivity index (χ2n) is 5.41. The lowest BCUT2D eigenvalue weighted by molar-refractivity contribution is 0.0491. The standard InChI is InChI=1S/C18H20N4O2/c23-18(21-24-13-15-7-2-1-3-8-15)19-11-6-12-22-14-20-16-9-4-5-10-17(16)22/h1-5,7-10,14H,6,11-13H2,(H2,19,21,23). The first-order valence-corrected chi connectivity index (χ1v) is 7.92. The first kappa shape index (κ1) is 16.0. The van der Waals surface area contributed by atoms with E-state index in [1.54, 1.807) is 0 Å². The lowest BCUT2D eigenvalue weighted by Crippen LogP contribution is -2.36. The van der Waals surface area contributed by atoms with E-state index in [0.717, 1.165) is 29.6 Å². The Morgan fingerprint density at radius 3 is 2.75 bits per heavy atom. The van der Waals surface area contributed by atoms with Gasteiger partial charge >= 0.3 is 6.03 Å². The van der Waals surface area contributed by atoms with E-state index in [9.17, 15) is 4.79 Å². The van der Waals surface area contributed by atoms with Gasteiger partial charge in [-0.3, -0.25) is 4.84 Å². The molecule has 0 fully saturated rings. The summed E-state index contributed by atoms with van der Waals surface area (Å²) in [6, 6.07) is 17.3. The number of benzene rings is 2. The average Bonchev–Trinajstić information content (AvgIpc) is 3.03. The van der Waals surface area contributed by atoms with Crippen LogP contribution in [0.25, 0.3) is 11.0 Å². The van der Waals surface area contributed by atoms with Crippen LogP contribution in [0.1, 0.15) is 12.0 Å². The Labute approximate surface area is 140 Å². The fourth-order valence-electron chi connectivity index (χ4n) is 2.44. The zero-order valence-electron chi connectivity index (χ0n) is 13.3. The molecule has 0 saturated carbocycles. The predicted octanol–water partition coefficient (Wildman–Crippen LogP) is 2.86. The fraction of sp³-hybridized carbons (Fsp3) is 0.222. The molecule has 0 aliphatic rings. The lowest BCUT2D eigenvalue weighted by Gasteiger charge is -2.08. The number of nitrogens with zero attached hydrogens (tertiary/aromatic N) is 2. The van der Waals surface area contributed by atoms with E-state index in [0.29, 0.717) is 13.2 Å². The van der Waals surface area contributed by atoms with Crippen molar-refractivity contribution >= 4 is 17.1 Å². The van der Waals surface area contributed by atoms with Gasteiger partial charge in [0.15, 0.2) is 0 Å². The summed E-state index contributed by atoms with van der Waals surface area (Å²) in [6.45, 7) is 1.70. The number of aromatic nitrogens is 2. The van der Waals surface area contributed by atoms with E-state index in [2.05, 4.69) is 20.3 Å². The Hall–Kier alpha value is -2.86. The maximum atomic E-state index is 11.6. The minimum absolute atomic E-state index is 0.332. The van der Waals surface area contributed by atoms with E-state index in [4.69, 9.17) is 4.84 Å². The monoisotopic (exact) mass is 324 g/mol. The van der Waals surface area contributed by atoms with E-state index in [1.807, 2.05) is 60.9 Å². The quantitative estimate of drug-likeness (QED) is 0.519. The molecule has 0 radical (unpaired) electrons. The maximum Gasteiger partial charge on any atom is 0.338 e. The van der Waals surface area contributed by atoms with Crippen LogP contribution < -0.4 is 10.8 Å². The van der Waals surface area contributed by atoms with Crippen LogP contribution in [0.4, 0.5) is 4.79 Å². The molecule has 24 heavy (non-hydrogen) atoms. The molecular weight excluding hydrogens is 304 g/mol. The van der Waals surface area contributed by atoms with Crippen LogP contribution in [-0.2, 0) is 18.0 Å². The minimum atomic E-state index is -0.332. The molecule has 2 amide bonds. The summed E-state index contributed by atoms with van der Waals surface area (Å²) in [5.41, 5.74) is 5.48. The molecule has 3 rings (SSSR count). The van der Waals surface area contributed by atoms with Gasteiger partial charge in [-0.1, -0.05) is 42.5 Å². The zero-order valence-corrected chi connectivity index (χ0v) is 13.3. The van der Waals surface area contributed by atoms with Crippen molar-refractivity contribution in [2.75, 3.05) is 6.54 Å². The number of amides is 2. The molecule has 2 aromatic carbocycles. The van der Waals surface area contributed by atoms with Gasteiger partial charge in [0.2, 0.25) is 0 Å². The van der Waals surface area contributed by atoms with Crippen LogP contribution >= 0.6 is 0 Å². The molecule has 6 heteroatoms. The first-order valence-electron chi connectivity index (χ1n) is 7.92. The van der Waals surface area contributed by atoms with Crippen molar-refractivity contribution in [2.24, 2.45) is 0 Å². The van der Waals surface area contributed by atoms with Gasteiger partial charge in [-0.15, -0.1) is 0 Å². The number of fused-ring (bicyclic) bond motifs is 1. The molecular formula is C18H20N4O2. The molecule has 0 unspecified atom stereocenters. The van der Waals surface area contributed by atoms with Gasteiger partial charge in [-0.2, -0.15) is 0 Å². The third kappa shape index (κ3) is 4.33. The van der Waals surface area contributed by atoms with E-state index in [1.165, 1.54) is 0 Å². The number of hydrogen-bond acceptors (Lipinski definition) is 3. The molecule has 0 aliphatic heterocycles. The Morgan fingerprint density at radius 1 is 1.08 bits per heavy atom. The van der Waals surface area contributed by atoms with Gasteiger partial charge in [-0.25, -0.2) is 15.3 Å². The number of imidazole rings is 1. The van der Waals surface area contributed by atoms with Crippen molar-refractivity contribution in [3.63, 3.8) is 0 Å². The molecule has 124 valence electrons. The Bertz CT molecular complexity index is 786. The first-order chi connectivity index (χ1) is 11.8. The van der Waals surface area contributed by atoms with E-state index < -0.39 is 0 Å². The summed E-state index contributed by atoms with van der Waals surface area (Å²) in [5.74, 6) is 0. The van der Waals surface area contributed by atoms with E-state index >= 15 is 0 Å². The number of carbonyl (C=O) groups is 1. The highest BCUT2D eigenvalue weighted by Gasteiger charge is 2.02. The molecule has 2 N–H and O–H groups in total. The topological polar surface area (TPSA) is 68.2 Å². The van der Waals surface area contributed by atoms with Crippen LogP contribution in [0.15, 0.2) is 60.9 Å². The Balaban J connectivity index is 1.33. The number of carbonyl (C=O) groups excluding carboxylic acids is 1. The maximum absolute atomic E-state index is 11.6. The number of urea groups is 1. The Morgan fingerprint density at radius 2 is 1.88 bits per heavy atom. The third-order valence-electron chi connectivity index (χ3n) is 3.64. The van der Waals surface area contributed by atoms with Gasteiger partial charge in [0, 0.05) is 13.1 Å². The smallest absolute Gasteiger partial charge is 0.336 e. The van der Waals surface area contributed by atoms with Crippen LogP contribution in [0.5, 0.6) is 0 Å². The summed E-state index contributed by atoms with van der Waals surface area (Å²) in [4.78, 5) is 21.2. The van der Waals surface area contributed by atoms with Crippen molar-refractivity contribution in [1.29, 1.82) is 0 Å². The highest BCUT2D eigenvalue weighted by molar-refractivity contribution is 5.75. The summed E-state index contributed by atoms with van der Waals surface area (Å²) < 4.78 is 2.08. The molecule has 0 saturated heterocycles. The summed E-state index contributed by atoms with van der Waals surface area (Å²) in [5, 5.41) is 2.77. The Kier molecular flexibility index (Phi) is 5.42. The van der Waals surface area contributed by atoms with Crippen LogP contribution in [0.2, 0.25) is 0 Å². The fourth-order valence-corrected chi connectivity index (χ4v) is 2.44. The molecule has 1 heterocycles. The van der Waals surface area contributed by atoms with Gasteiger partial charge in [0.25, 0.3) is 0 Å². The van der Waals surface area contributed by atoms with Crippen LogP contribution in [0, 0.1) is 0 Å². The molecule has 3 aromatic rings. The number of hydrogen-bond donors (Lipinski definition) is 2. The number of rotatable bonds is 7. The highest BCUT2D eigenvalue weighted by Crippen LogP contribution is 2.11. The minimum Gasteiger partial charge on any atom is -0.336 e.